The molecule has 0 aromatic heterocycles. The van der Waals surface area contributed by atoms with Crippen LogP contribution < -0.4 is 0 Å². The average molecular weight is 653 g/mol. The second-order valence-electron chi connectivity index (χ2n) is 15.4. The molecule has 5 nitrogen and oxygen atoms in total. The Balaban J connectivity index is 0.000000612. The van der Waals surface area contributed by atoms with Crippen molar-refractivity contribution >= 4 is 5.78 Å². The van der Waals surface area contributed by atoms with Gasteiger partial charge in [0, 0.05) is 12.8 Å². The van der Waals surface area contributed by atoms with Crippen molar-refractivity contribution in [2.75, 3.05) is 0 Å². The molecule has 0 spiro atoms. The number of aliphatic hydroxyl groups is 3. The summed E-state index contributed by atoms with van der Waals surface area (Å²) in [5, 5.41) is 29.6. The highest BCUT2D eigenvalue weighted by Crippen LogP contribution is 2.67. The first-order valence-electron chi connectivity index (χ1n) is 17.7. The van der Waals surface area contributed by atoms with Gasteiger partial charge in [0.25, 0.3) is 0 Å². The summed E-state index contributed by atoms with van der Waals surface area (Å²) in [6, 6.07) is 0. The highest BCUT2D eigenvalue weighted by Gasteiger charge is 2.76. The standard InChI is InChI=1S/C29H40O3.C11H22O2.C2H6/c1-8-9-10-14-22(2)15-11-12-16-23(3)17-13-18-24(4)26(31)21-29-27(5,6)19-25(30)20-28(29,7)32-29;1-7(2)10-9(13)5-8(12)6-11(10,3)4;1-2/h8-18,25,30H,19-21H2,1-7H3;7-10,12-13H,5-6H2,1-4H3;1-2H3/b9-8-,12-11+,14-10+,17-13+,22-15+,23-16+,24-18+;;/t;8?,9-,10?;/m.1./s1. The third-order valence-electron chi connectivity index (χ3n) is 10.0. The van der Waals surface area contributed by atoms with Gasteiger partial charge >= 0.3 is 0 Å². The number of ether oxygens (including phenoxy) is 1. The molecule has 3 rings (SSSR count). The van der Waals surface area contributed by atoms with Gasteiger partial charge in [-0.3, -0.25) is 4.79 Å². The number of rotatable bonds is 10. The van der Waals surface area contributed by atoms with Gasteiger partial charge < -0.3 is 20.1 Å². The predicted octanol–water partition coefficient (Wildman–Crippen LogP) is 9.56. The van der Waals surface area contributed by atoms with E-state index in [2.05, 4.69) is 60.6 Å². The molecule has 0 aromatic carbocycles. The Morgan fingerprint density at radius 3 is 1.83 bits per heavy atom. The first-order chi connectivity index (χ1) is 21.8. The zero-order valence-electron chi connectivity index (χ0n) is 31.9. The summed E-state index contributed by atoms with van der Waals surface area (Å²) in [4.78, 5) is 12.9. The zero-order chi connectivity index (χ0) is 36.2. The number of allylic oxidation sites excluding steroid dienone is 14. The van der Waals surface area contributed by atoms with Crippen molar-refractivity contribution in [3.8, 4) is 0 Å². The van der Waals surface area contributed by atoms with Crippen LogP contribution in [0.1, 0.15) is 122 Å². The molecular weight excluding hydrogens is 584 g/mol. The maximum absolute atomic E-state index is 12.9. The van der Waals surface area contributed by atoms with E-state index in [1.54, 1.807) is 0 Å². The summed E-state index contributed by atoms with van der Waals surface area (Å²) in [5.74, 6) is 0.907. The van der Waals surface area contributed by atoms with Gasteiger partial charge in [-0.15, -0.1) is 0 Å². The van der Waals surface area contributed by atoms with Crippen molar-refractivity contribution in [3.05, 3.63) is 83.6 Å². The minimum Gasteiger partial charge on any atom is -0.393 e. The normalized spacial score (nSPS) is 32.3. The molecule has 2 saturated carbocycles. The van der Waals surface area contributed by atoms with Gasteiger partial charge in [-0.2, -0.15) is 0 Å². The lowest BCUT2D eigenvalue weighted by Crippen LogP contribution is -2.48. The van der Waals surface area contributed by atoms with Crippen molar-refractivity contribution < 1.29 is 24.9 Å². The quantitative estimate of drug-likeness (QED) is 0.124. The largest absolute Gasteiger partial charge is 0.393 e. The van der Waals surface area contributed by atoms with Crippen molar-refractivity contribution in [3.63, 3.8) is 0 Å². The lowest BCUT2D eigenvalue weighted by Gasteiger charge is -2.46. The topological polar surface area (TPSA) is 90.3 Å². The number of epoxide rings is 1. The van der Waals surface area contributed by atoms with Crippen LogP contribution in [0, 0.1) is 22.7 Å². The fourth-order valence-corrected chi connectivity index (χ4v) is 7.92. The van der Waals surface area contributed by atoms with Crippen LogP contribution in [0.3, 0.4) is 0 Å². The van der Waals surface area contributed by atoms with Gasteiger partial charge in [-0.1, -0.05) is 133 Å². The van der Waals surface area contributed by atoms with E-state index in [-0.39, 0.29) is 34.9 Å². The molecule has 47 heavy (non-hydrogen) atoms. The molecule has 0 aromatic rings. The van der Waals surface area contributed by atoms with Crippen molar-refractivity contribution in [2.24, 2.45) is 22.7 Å². The first-order valence-corrected chi connectivity index (χ1v) is 17.7. The number of Topliss-reactive ketones (excluding diaryl/α,β-unsaturated/α-hetero) is 1. The molecule has 0 bridgehead atoms. The lowest BCUT2D eigenvalue weighted by atomic mass is 9.61. The van der Waals surface area contributed by atoms with Crippen LogP contribution in [0.5, 0.6) is 0 Å². The Bertz CT molecular complexity index is 1220. The third kappa shape index (κ3) is 12.0. The molecular formula is C42H68O5. The van der Waals surface area contributed by atoms with E-state index in [1.807, 2.05) is 96.2 Å². The minimum absolute atomic E-state index is 0.0608. The van der Waals surface area contributed by atoms with E-state index < -0.39 is 11.2 Å². The number of carbonyl (C=O) groups is 1. The highest BCUT2D eigenvalue weighted by molar-refractivity contribution is 5.96. The number of hydrogen-bond acceptors (Lipinski definition) is 5. The maximum atomic E-state index is 12.9. The van der Waals surface area contributed by atoms with Crippen LogP contribution in [0.25, 0.3) is 0 Å². The van der Waals surface area contributed by atoms with Gasteiger partial charge in [0.05, 0.1) is 23.9 Å². The molecule has 2 aliphatic carbocycles. The minimum atomic E-state index is -0.469. The van der Waals surface area contributed by atoms with Crippen molar-refractivity contribution in [2.45, 2.75) is 152 Å². The van der Waals surface area contributed by atoms with Crippen LogP contribution in [0.15, 0.2) is 83.6 Å². The Kier molecular flexibility index (Phi) is 16.8. The monoisotopic (exact) mass is 653 g/mol. The molecule has 3 aliphatic rings. The number of carbonyl (C=O) groups excluding carboxylic acids is 1. The van der Waals surface area contributed by atoms with Crippen LogP contribution >= 0.6 is 0 Å². The van der Waals surface area contributed by atoms with Crippen LogP contribution in [0.4, 0.5) is 0 Å². The molecule has 3 N–H and O–H groups in total. The predicted molar refractivity (Wildman–Crippen MR) is 199 cm³/mol. The molecule has 266 valence electrons. The average Bonchev–Trinajstić information content (AvgIpc) is 3.55. The van der Waals surface area contributed by atoms with Crippen LogP contribution in [0.2, 0.25) is 0 Å². The lowest BCUT2D eigenvalue weighted by molar-refractivity contribution is -0.118. The molecule has 6 atom stereocenters. The molecule has 5 heteroatoms. The molecule has 1 aliphatic heterocycles. The first kappa shape index (κ1) is 42.7. The zero-order valence-corrected chi connectivity index (χ0v) is 31.9. The molecule has 0 amide bonds. The fraction of sp³-hybridized carbons (Fsp3) is 0.643. The summed E-state index contributed by atoms with van der Waals surface area (Å²) >= 11 is 0. The fourth-order valence-electron chi connectivity index (χ4n) is 7.92. The smallest absolute Gasteiger partial charge is 0.161 e. The number of hydrogen-bond donors (Lipinski definition) is 3. The van der Waals surface area contributed by atoms with E-state index in [4.69, 9.17) is 4.74 Å². The van der Waals surface area contributed by atoms with Gasteiger partial charge in [-0.25, -0.2) is 0 Å². The SMILES string of the molecule is CC.CC(C)C1[C@H](O)CC(O)CC1(C)C.C\C=C/C=C/C(C)=C/C=C/C=C(C)/C=C/C=C(\C)C(=O)CC12OC1(C)CC(O)CC2(C)C. The number of fused-ring (bicyclic) bond motifs is 1. The van der Waals surface area contributed by atoms with Gasteiger partial charge in [0.1, 0.15) is 5.60 Å². The second-order valence-corrected chi connectivity index (χ2v) is 15.4. The van der Waals surface area contributed by atoms with Crippen molar-refractivity contribution in [1.82, 2.24) is 0 Å². The van der Waals surface area contributed by atoms with E-state index in [0.717, 1.165) is 17.6 Å². The maximum Gasteiger partial charge on any atom is 0.161 e. The Morgan fingerprint density at radius 1 is 0.787 bits per heavy atom. The Hall–Kier alpha value is -2.31. The molecule has 5 unspecified atom stereocenters. The Morgan fingerprint density at radius 2 is 1.34 bits per heavy atom. The van der Waals surface area contributed by atoms with E-state index >= 15 is 0 Å². The Labute approximate surface area is 288 Å². The molecule has 0 radical (unpaired) electrons. The van der Waals surface area contributed by atoms with Gasteiger partial charge in [0.2, 0.25) is 0 Å². The van der Waals surface area contributed by atoms with E-state index in [0.29, 0.717) is 37.5 Å². The summed E-state index contributed by atoms with van der Waals surface area (Å²) < 4.78 is 6.15. The summed E-state index contributed by atoms with van der Waals surface area (Å²) in [6.45, 7) is 26.8. The summed E-state index contributed by atoms with van der Waals surface area (Å²) in [5.41, 5.74) is 1.98. The molecule has 3 fully saturated rings. The van der Waals surface area contributed by atoms with E-state index in [1.165, 1.54) is 5.57 Å². The van der Waals surface area contributed by atoms with Crippen LogP contribution in [-0.2, 0) is 9.53 Å². The van der Waals surface area contributed by atoms with Crippen molar-refractivity contribution in [1.29, 1.82) is 0 Å². The molecule has 1 heterocycles. The number of aliphatic hydroxyl groups excluding tert-OH is 3. The summed E-state index contributed by atoms with van der Waals surface area (Å²) in [7, 11) is 0. The van der Waals surface area contributed by atoms with E-state index in [9.17, 15) is 20.1 Å². The second kappa shape index (κ2) is 18.5. The summed E-state index contributed by atoms with van der Waals surface area (Å²) in [6.07, 6.45) is 24.0. The molecule has 1 saturated heterocycles. The highest BCUT2D eigenvalue weighted by atomic mass is 16.6. The van der Waals surface area contributed by atoms with Crippen LogP contribution in [-0.4, -0.2) is 50.6 Å². The number of ketones is 1. The van der Waals surface area contributed by atoms with Gasteiger partial charge in [-0.05, 0) is 82.1 Å². The third-order valence-corrected chi connectivity index (χ3v) is 10.0. The van der Waals surface area contributed by atoms with Gasteiger partial charge in [0.15, 0.2) is 5.78 Å².